The van der Waals surface area contributed by atoms with Crippen LogP contribution in [0.25, 0.3) is 34.7 Å². The molecule has 33 heavy (non-hydrogen) atoms. The average Bonchev–Trinajstić information content (AvgIpc) is 3.59. The van der Waals surface area contributed by atoms with Gasteiger partial charge in [-0.15, -0.1) is 11.3 Å². The van der Waals surface area contributed by atoms with Crippen LogP contribution in [0.3, 0.4) is 0 Å². The van der Waals surface area contributed by atoms with E-state index in [4.69, 9.17) is 14.7 Å². The van der Waals surface area contributed by atoms with Crippen molar-refractivity contribution >= 4 is 40.5 Å². The van der Waals surface area contributed by atoms with Gasteiger partial charge in [0.2, 0.25) is 0 Å². The third kappa shape index (κ3) is 3.89. The topological polar surface area (TPSA) is 85.1 Å². The highest BCUT2D eigenvalue weighted by molar-refractivity contribution is 7.08. The van der Waals surface area contributed by atoms with Gasteiger partial charge in [-0.05, 0) is 48.6 Å². The molecule has 2 N–H and O–H groups in total. The van der Waals surface area contributed by atoms with Crippen LogP contribution < -0.4 is 15.1 Å². The normalized spacial score (nSPS) is 17.5. The van der Waals surface area contributed by atoms with Crippen molar-refractivity contribution in [3.8, 4) is 17.1 Å². The van der Waals surface area contributed by atoms with Crippen molar-refractivity contribution in [3.05, 3.63) is 51.3 Å². The van der Waals surface area contributed by atoms with E-state index in [1.165, 1.54) is 9.75 Å². The summed E-state index contributed by atoms with van der Waals surface area (Å²) in [5, 5.41) is 16.4. The molecular weight excluding hydrogens is 434 g/mol. The zero-order valence-corrected chi connectivity index (χ0v) is 19.0. The highest BCUT2D eigenvalue weighted by atomic mass is 32.1. The van der Waals surface area contributed by atoms with Crippen LogP contribution in [0.5, 0.6) is 5.75 Å². The lowest BCUT2D eigenvalue weighted by Crippen LogP contribution is -2.23. The van der Waals surface area contributed by atoms with Gasteiger partial charge in [0.1, 0.15) is 11.3 Å². The highest BCUT2D eigenvalue weighted by Crippen LogP contribution is 2.28. The van der Waals surface area contributed by atoms with E-state index in [2.05, 4.69) is 32.4 Å². The first kappa shape index (κ1) is 20.4. The van der Waals surface area contributed by atoms with Gasteiger partial charge in [-0.25, -0.2) is 15.0 Å². The minimum absolute atomic E-state index is 0.249. The van der Waals surface area contributed by atoms with Gasteiger partial charge in [-0.1, -0.05) is 24.3 Å². The summed E-state index contributed by atoms with van der Waals surface area (Å²) in [4.78, 5) is 14.6. The summed E-state index contributed by atoms with van der Waals surface area (Å²) in [5.74, 6) is 1.77. The van der Waals surface area contributed by atoms with Gasteiger partial charge in [-0.3, -0.25) is 0 Å². The van der Waals surface area contributed by atoms with E-state index < -0.39 is 0 Å². The number of hydrogen-bond donors (Lipinski definition) is 2. The number of ether oxygens (including phenoxy) is 1. The van der Waals surface area contributed by atoms with E-state index in [0.717, 1.165) is 66.2 Å². The molecule has 6 rings (SSSR count). The first-order chi connectivity index (χ1) is 16.3. The Labute approximate surface area is 195 Å². The molecule has 7 nitrogen and oxygen atoms in total. The van der Waals surface area contributed by atoms with Crippen molar-refractivity contribution in [1.29, 1.82) is 0 Å². The van der Waals surface area contributed by atoms with E-state index in [0.29, 0.717) is 13.2 Å². The summed E-state index contributed by atoms with van der Waals surface area (Å²) in [5.41, 5.74) is 3.87. The number of imidazole rings is 1. The summed E-state index contributed by atoms with van der Waals surface area (Å²) in [6, 6.07) is 7.57. The van der Waals surface area contributed by atoms with E-state index in [-0.39, 0.29) is 11.8 Å². The first-order valence-corrected chi connectivity index (χ1v) is 12.3. The molecule has 3 aromatic heterocycles. The van der Waals surface area contributed by atoms with E-state index in [1.807, 2.05) is 18.5 Å². The SMILES string of the molecule is Oc1ccc(CCNc2nc(-c3csc4c3=CCCC=4)nc3c2ncn3[C@@H]2CCOC2)cc1. The molecular formula is C25H25N5O2S. The van der Waals surface area contributed by atoms with Crippen molar-refractivity contribution in [2.45, 2.75) is 31.7 Å². The number of phenols is 1. The maximum Gasteiger partial charge on any atom is 0.166 e. The summed E-state index contributed by atoms with van der Waals surface area (Å²) in [6.07, 6.45) is 10.4. The number of rotatable bonds is 6. The van der Waals surface area contributed by atoms with Crippen molar-refractivity contribution in [1.82, 2.24) is 19.5 Å². The lowest BCUT2D eigenvalue weighted by molar-refractivity contribution is 0.187. The number of benzene rings is 1. The van der Waals surface area contributed by atoms with Crippen molar-refractivity contribution in [2.24, 2.45) is 0 Å². The van der Waals surface area contributed by atoms with Crippen LogP contribution in [-0.2, 0) is 11.2 Å². The predicted molar refractivity (Wildman–Crippen MR) is 131 cm³/mol. The number of phenolic OH excluding ortho intramolecular Hbond substituents is 1. The lowest BCUT2D eigenvalue weighted by Gasteiger charge is -2.12. The zero-order valence-electron chi connectivity index (χ0n) is 18.2. The summed E-state index contributed by atoms with van der Waals surface area (Å²) >= 11 is 1.76. The zero-order chi connectivity index (χ0) is 22.2. The fourth-order valence-electron chi connectivity index (χ4n) is 4.52. The average molecular weight is 460 g/mol. The molecule has 1 aliphatic heterocycles. The molecule has 1 aromatic carbocycles. The van der Waals surface area contributed by atoms with Gasteiger partial charge in [0, 0.05) is 28.6 Å². The fourth-order valence-corrected chi connectivity index (χ4v) is 5.53. The summed E-state index contributed by atoms with van der Waals surface area (Å²) < 4.78 is 9.08. The lowest BCUT2D eigenvalue weighted by atomic mass is 10.1. The van der Waals surface area contributed by atoms with Crippen LogP contribution in [0.2, 0.25) is 0 Å². The van der Waals surface area contributed by atoms with Gasteiger partial charge in [0.25, 0.3) is 0 Å². The molecule has 2 aliphatic rings. The van der Waals surface area contributed by atoms with Crippen LogP contribution in [-0.4, -0.2) is 44.4 Å². The Kier molecular flexibility index (Phi) is 5.32. The minimum Gasteiger partial charge on any atom is -0.508 e. The molecule has 0 saturated carbocycles. The molecule has 0 unspecified atom stereocenters. The Bertz CT molecular complexity index is 1420. The van der Waals surface area contributed by atoms with E-state index in [1.54, 1.807) is 23.5 Å². The number of fused-ring (bicyclic) bond motifs is 2. The molecule has 0 radical (unpaired) electrons. The maximum atomic E-state index is 9.52. The second kappa shape index (κ2) is 8.61. The molecule has 1 saturated heterocycles. The molecule has 4 aromatic rings. The number of aromatic hydroxyl groups is 1. The number of aromatic nitrogens is 4. The fraction of sp³-hybridized carbons (Fsp3) is 0.320. The molecule has 0 bridgehead atoms. The van der Waals surface area contributed by atoms with Gasteiger partial charge in [0.05, 0.1) is 19.0 Å². The maximum absolute atomic E-state index is 9.52. The Morgan fingerprint density at radius 3 is 2.88 bits per heavy atom. The van der Waals surface area contributed by atoms with Crippen LogP contribution in [0.15, 0.2) is 36.0 Å². The third-order valence-corrected chi connectivity index (χ3v) is 7.30. The van der Waals surface area contributed by atoms with Gasteiger partial charge in [-0.2, -0.15) is 0 Å². The summed E-state index contributed by atoms with van der Waals surface area (Å²) in [6.45, 7) is 2.16. The number of nitrogens with one attached hydrogen (secondary N) is 1. The van der Waals surface area contributed by atoms with Crippen LogP contribution in [0, 0.1) is 0 Å². The van der Waals surface area contributed by atoms with Gasteiger partial charge in [0.15, 0.2) is 17.3 Å². The number of nitrogens with zero attached hydrogens (tertiary/aromatic N) is 4. The Balaban J connectivity index is 1.39. The molecule has 1 atom stereocenters. The van der Waals surface area contributed by atoms with Crippen LogP contribution in [0.4, 0.5) is 5.82 Å². The second-order valence-corrected chi connectivity index (χ2v) is 9.40. The smallest absolute Gasteiger partial charge is 0.166 e. The third-order valence-electron chi connectivity index (χ3n) is 6.31. The van der Waals surface area contributed by atoms with Crippen LogP contribution in [0.1, 0.15) is 30.9 Å². The van der Waals surface area contributed by atoms with E-state index in [9.17, 15) is 5.11 Å². The van der Waals surface area contributed by atoms with Gasteiger partial charge >= 0.3 is 0 Å². The Hall–Kier alpha value is -3.23. The molecule has 0 amide bonds. The minimum atomic E-state index is 0.249. The molecule has 8 heteroatoms. The second-order valence-electron chi connectivity index (χ2n) is 8.49. The molecule has 1 fully saturated rings. The number of thiophene rings is 1. The predicted octanol–water partition coefficient (Wildman–Crippen LogP) is 3.23. The number of hydrogen-bond acceptors (Lipinski definition) is 7. The molecule has 4 heterocycles. The molecule has 0 spiro atoms. The van der Waals surface area contributed by atoms with Crippen LogP contribution >= 0.6 is 11.3 Å². The van der Waals surface area contributed by atoms with Crippen molar-refractivity contribution < 1.29 is 9.84 Å². The van der Waals surface area contributed by atoms with Crippen molar-refractivity contribution in [2.75, 3.05) is 25.1 Å². The summed E-state index contributed by atoms with van der Waals surface area (Å²) in [7, 11) is 0. The van der Waals surface area contributed by atoms with E-state index >= 15 is 0 Å². The quantitative estimate of drug-likeness (QED) is 0.461. The largest absolute Gasteiger partial charge is 0.508 e. The Morgan fingerprint density at radius 2 is 2.03 bits per heavy atom. The molecule has 168 valence electrons. The first-order valence-electron chi connectivity index (χ1n) is 11.4. The van der Waals surface area contributed by atoms with Gasteiger partial charge < -0.3 is 19.7 Å². The highest BCUT2D eigenvalue weighted by Gasteiger charge is 2.23. The van der Waals surface area contributed by atoms with Crippen molar-refractivity contribution in [3.63, 3.8) is 0 Å². The monoisotopic (exact) mass is 459 g/mol. The molecule has 1 aliphatic carbocycles. The number of anilines is 1. The standard InChI is InChI=1S/C25H25N5O2S/c31-18-7-5-16(6-8-18)9-11-26-24-22-25(30(15-27-22)17-10-12-32-13-17)29-23(28-24)20-14-33-21-4-2-1-3-19(20)21/h3-8,14-15,17,31H,1-2,9-13H2,(H,26,28,29)/t17-/m1/s1. The Morgan fingerprint density at radius 1 is 1.15 bits per heavy atom.